The van der Waals surface area contributed by atoms with Crippen molar-refractivity contribution in [1.82, 2.24) is 14.3 Å². The number of para-hydroxylation sites is 1. The predicted molar refractivity (Wildman–Crippen MR) is 109 cm³/mol. The van der Waals surface area contributed by atoms with E-state index in [1.807, 2.05) is 18.2 Å². The van der Waals surface area contributed by atoms with Crippen LogP contribution in [-0.4, -0.2) is 32.3 Å². The zero-order chi connectivity index (χ0) is 21.1. The van der Waals surface area contributed by atoms with E-state index in [1.165, 1.54) is 29.9 Å². The van der Waals surface area contributed by atoms with Crippen molar-refractivity contribution in [3.63, 3.8) is 0 Å². The summed E-state index contributed by atoms with van der Waals surface area (Å²) >= 11 is 5.69. The second-order valence-corrected chi connectivity index (χ2v) is 6.73. The SMILES string of the molecule is Cc1c(NC(=O)[C@@H](C)OC(=O)c2ccc(Cl)nc2)c(=O)n(-c2ccccc2)n1C. The van der Waals surface area contributed by atoms with Crippen molar-refractivity contribution in [3.8, 4) is 5.69 Å². The van der Waals surface area contributed by atoms with Crippen LogP contribution in [0.3, 0.4) is 0 Å². The monoisotopic (exact) mass is 414 g/mol. The number of nitrogens with one attached hydrogen (secondary N) is 1. The topological polar surface area (TPSA) is 95.2 Å². The average Bonchev–Trinajstić information content (AvgIpc) is 2.92. The molecule has 0 bridgehead atoms. The van der Waals surface area contributed by atoms with Gasteiger partial charge in [0.25, 0.3) is 11.5 Å². The molecule has 0 fully saturated rings. The lowest BCUT2D eigenvalue weighted by Crippen LogP contribution is -2.32. The van der Waals surface area contributed by atoms with Gasteiger partial charge in [-0.3, -0.25) is 14.3 Å². The maximum atomic E-state index is 12.8. The van der Waals surface area contributed by atoms with Crippen LogP contribution >= 0.6 is 11.6 Å². The van der Waals surface area contributed by atoms with Gasteiger partial charge in [0, 0.05) is 13.2 Å². The van der Waals surface area contributed by atoms with Crippen molar-refractivity contribution in [1.29, 1.82) is 0 Å². The van der Waals surface area contributed by atoms with Crippen LogP contribution < -0.4 is 10.9 Å². The molecule has 2 aromatic heterocycles. The molecule has 1 amide bonds. The molecule has 1 aromatic carbocycles. The summed E-state index contributed by atoms with van der Waals surface area (Å²) < 4.78 is 8.25. The first-order chi connectivity index (χ1) is 13.8. The van der Waals surface area contributed by atoms with Crippen LogP contribution in [0.4, 0.5) is 5.69 Å². The molecule has 8 nitrogen and oxygen atoms in total. The highest BCUT2D eigenvalue weighted by atomic mass is 35.5. The van der Waals surface area contributed by atoms with E-state index < -0.39 is 18.0 Å². The Bertz CT molecular complexity index is 1100. The number of halogens is 1. The van der Waals surface area contributed by atoms with Crippen molar-refractivity contribution < 1.29 is 14.3 Å². The number of hydrogen-bond donors (Lipinski definition) is 1. The van der Waals surface area contributed by atoms with Gasteiger partial charge >= 0.3 is 5.97 Å². The number of carbonyl (C=O) groups excluding carboxylic acids is 2. The Morgan fingerprint density at radius 3 is 2.48 bits per heavy atom. The van der Waals surface area contributed by atoms with Crippen molar-refractivity contribution in [2.45, 2.75) is 20.0 Å². The molecule has 1 N–H and O–H groups in total. The molecule has 0 aliphatic carbocycles. The van der Waals surface area contributed by atoms with Gasteiger partial charge in [-0.25, -0.2) is 14.5 Å². The predicted octanol–water partition coefficient (Wildman–Crippen LogP) is 2.72. The van der Waals surface area contributed by atoms with Gasteiger partial charge in [0.15, 0.2) is 6.10 Å². The number of ether oxygens (including phenoxy) is 1. The van der Waals surface area contributed by atoms with Crippen molar-refractivity contribution >= 4 is 29.2 Å². The summed E-state index contributed by atoms with van der Waals surface area (Å²) in [7, 11) is 1.72. The Hall–Kier alpha value is -3.39. The minimum atomic E-state index is -1.12. The van der Waals surface area contributed by atoms with Gasteiger partial charge in [-0.2, -0.15) is 0 Å². The molecule has 9 heteroatoms. The van der Waals surface area contributed by atoms with Crippen LogP contribution in [-0.2, 0) is 16.6 Å². The third-order valence-corrected chi connectivity index (χ3v) is 4.64. The van der Waals surface area contributed by atoms with Gasteiger partial charge in [0.05, 0.1) is 16.9 Å². The van der Waals surface area contributed by atoms with Gasteiger partial charge in [0.1, 0.15) is 10.8 Å². The van der Waals surface area contributed by atoms with Crippen molar-refractivity contribution in [3.05, 3.63) is 75.4 Å². The lowest BCUT2D eigenvalue weighted by atomic mass is 10.3. The fourth-order valence-corrected chi connectivity index (χ4v) is 2.83. The van der Waals surface area contributed by atoms with Gasteiger partial charge in [0.2, 0.25) is 0 Å². The molecule has 0 aliphatic rings. The Labute approximate surface area is 171 Å². The molecule has 0 saturated carbocycles. The molecular formula is C20H19ClN4O4. The Kier molecular flexibility index (Phi) is 5.84. The maximum Gasteiger partial charge on any atom is 0.340 e. The minimum absolute atomic E-state index is 0.123. The Balaban J connectivity index is 1.77. The number of hydrogen-bond acceptors (Lipinski definition) is 5. The van der Waals surface area contributed by atoms with Crippen molar-refractivity contribution in [2.24, 2.45) is 7.05 Å². The van der Waals surface area contributed by atoms with Crippen LogP contribution in [0.2, 0.25) is 5.15 Å². The average molecular weight is 415 g/mol. The zero-order valence-electron chi connectivity index (χ0n) is 16.0. The Morgan fingerprint density at radius 2 is 1.86 bits per heavy atom. The fourth-order valence-electron chi connectivity index (χ4n) is 2.72. The molecule has 150 valence electrons. The van der Waals surface area contributed by atoms with E-state index in [-0.39, 0.29) is 22.0 Å². The molecule has 2 heterocycles. The molecular weight excluding hydrogens is 396 g/mol. The molecule has 0 saturated heterocycles. The molecule has 0 aliphatic heterocycles. The number of carbonyl (C=O) groups is 2. The van der Waals surface area contributed by atoms with Crippen LogP contribution in [0.25, 0.3) is 5.69 Å². The standard InChI is InChI=1S/C20H19ClN4O4/c1-12-17(19(27)25(24(12)3)15-7-5-4-6-8-15)23-18(26)13(2)29-20(28)14-9-10-16(21)22-11-14/h4-11,13H,1-3H3,(H,23,26)/t13-/m1/s1. The summed E-state index contributed by atoms with van der Waals surface area (Å²) in [5, 5.41) is 2.81. The van der Waals surface area contributed by atoms with Crippen molar-refractivity contribution in [2.75, 3.05) is 5.32 Å². The van der Waals surface area contributed by atoms with E-state index >= 15 is 0 Å². The lowest BCUT2D eigenvalue weighted by molar-refractivity contribution is -0.123. The summed E-state index contributed by atoms with van der Waals surface area (Å²) in [4.78, 5) is 41.3. The van der Waals surface area contributed by atoms with Gasteiger partial charge < -0.3 is 10.1 Å². The van der Waals surface area contributed by atoms with Crippen LogP contribution in [0, 0.1) is 6.92 Å². The molecule has 3 aromatic rings. The number of pyridine rings is 1. The van der Waals surface area contributed by atoms with E-state index in [2.05, 4.69) is 10.3 Å². The first-order valence-electron chi connectivity index (χ1n) is 8.77. The highest BCUT2D eigenvalue weighted by Crippen LogP contribution is 2.15. The lowest BCUT2D eigenvalue weighted by Gasteiger charge is -2.13. The highest BCUT2D eigenvalue weighted by Gasteiger charge is 2.23. The van der Waals surface area contributed by atoms with E-state index in [9.17, 15) is 14.4 Å². The third kappa shape index (κ3) is 4.22. The molecule has 0 radical (unpaired) electrons. The Morgan fingerprint density at radius 1 is 1.17 bits per heavy atom. The van der Waals surface area contributed by atoms with E-state index in [0.29, 0.717) is 11.4 Å². The second-order valence-electron chi connectivity index (χ2n) is 6.34. The summed E-state index contributed by atoms with van der Waals surface area (Å²) in [6.45, 7) is 3.14. The van der Waals surface area contributed by atoms with Gasteiger partial charge in [-0.05, 0) is 38.1 Å². The zero-order valence-corrected chi connectivity index (χ0v) is 16.8. The van der Waals surface area contributed by atoms with Gasteiger partial charge in [-0.1, -0.05) is 29.8 Å². The van der Waals surface area contributed by atoms with Crippen LogP contribution in [0.5, 0.6) is 0 Å². The number of benzene rings is 1. The van der Waals surface area contributed by atoms with Crippen LogP contribution in [0.15, 0.2) is 53.5 Å². The highest BCUT2D eigenvalue weighted by molar-refractivity contribution is 6.29. The largest absolute Gasteiger partial charge is 0.449 e. The molecule has 3 rings (SSSR count). The van der Waals surface area contributed by atoms with Crippen LogP contribution in [0.1, 0.15) is 23.0 Å². The summed E-state index contributed by atoms with van der Waals surface area (Å²) in [5.41, 5.74) is 1.13. The molecule has 0 spiro atoms. The van der Waals surface area contributed by atoms with E-state index in [4.69, 9.17) is 16.3 Å². The maximum absolute atomic E-state index is 12.8. The smallest absolute Gasteiger partial charge is 0.340 e. The normalized spacial score (nSPS) is 11.7. The number of anilines is 1. The summed E-state index contributed by atoms with van der Waals surface area (Å²) in [6, 6.07) is 11.9. The number of nitrogens with zero attached hydrogens (tertiary/aromatic N) is 3. The number of esters is 1. The van der Waals surface area contributed by atoms with E-state index in [0.717, 1.165) is 0 Å². The fraction of sp³-hybridized carbons (Fsp3) is 0.200. The first-order valence-corrected chi connectivity index (χ1v) is 9.15. The van der Waals surface area contributed by atoms with Gasteiger partial charge in [-0.15, -0.1) is 0 Å². The summed E-state index contributed by atoms with van der Waals surface area (Å²) in [5.74, 6) is -1.34. The number of amides is 1. The third-order valence-electron chi connectivity index (χ3n) is 4.42. The quantitative estimate of drug-likeness (QED) is 0.511. The molecule has 0 unspecified atom stereocenters. The molecule has 1 atom stereocenters. The first kappa shape index (κ1) is 20.3. The minimum Gasteiger partial charge on any atom is -0.449 e. The summed E-state index contributed by atoms with van der Waals surface area (Å²) in [6.07, 6.45) is 0.136. The van der Waals surface area contributed by atoms with E-state index in [1.54, 1.807) is 30.8 Å². The second kappa shape index (κ2) is 8.32. The number of aromatic nitrogens is 3. The molecule has 29 heavy (non-hydrogen) atoms. The number of rotatable bonds is 5.